The van der Waals surface area contributed by atoms with Crippen LogP contribution in [0.3, 0.4) is 0 Å². The van der Waals surface area contributed by atoms with Gasteiger partial charge in [-0.2, -0.15) is 0 Å². The Morgan fingerprint density at radius 3 is 2.74 bits per heavy atom. The molecule has 0 fully saturated rings. The Morgan fingerprint density at radius 2 is 1.96 bits per heavy atom. The van der Waals surface area contributed by atoms with E-state index in [-0.39, 0.29) is 17.7 Å². The van der Waals surface area contributed by atoms with Crippen molar-refractivity contribution in [1.82, 2.24) is 5.32 Å². The van der Waals surface area contributed by atoms with Crippen LogP contribution >= 0.6 is 0 Å². The Kier molecular flexibility index (Phi) is 4.74. The average Bonchev–Trinajstić information content (AvgIpc) is 2.64. The van der Waals surface area contributed by atoms with Gasteiger partial charge in [-0.05, 0) is 45.4 Å². The zero-order valence-corrected chi connectivity index (χ0v) is 16.1. The van der Waals surface area contributed by atoms with E-state index < -0.39 is 6.10 Å². The molecule has 27 heavy (non-hydrogen) atoms. The maximum Gasteiger partial charge on any atom is 0.127 e. The third-order valence-corrected chi connectivity index (χ3v) is 5.26. The summed E-state index contributed by atoms with van der Waals surface area (Å²) in [6, 6.07) is 14.2. The third kappa shape index (κ3) is 3.75. The highest BCUT2D eigenvalue weighted by atomic mass is 16.5. The lowest BCUT2D eigenvalue weighted by molar-refractivity contribution is 0.00254. The fourth-order valence-corrected chi connectivity index (χ4v) is 3.75. The normalized spacial score (nSPS) is 25.4. The molecule has 2 aliphatic rings. The van der Waals surface area contributed by atoms with E-state index >= 15 is 0 Å². The number of nitrogens with zero attached hydrogens (tertiary/aromatic N) is 2. The van der Waals surface area contributed by atoms with Crippen LogP contribution in [0.5, 0.6) is 5.75 Å². The van der Waals surface area contributed by atoms with Gasteiger partial charge in [0, 0.05) is 11.6 Å². The minimum atomic E-state index is -0.608. The zero-order chi connectivity index (χ0) is 19.0. The van der Waals surface area contributed by atoms with E-state index in [0.29, 0.717) is 6.54 Å². The van der Waals surface area contributed by atoms with Crippen molar-refractivity contribution in [2.24, 2.45) is 9.98 Å². The lowest BCUT2D eigenvalue weighted by Crippen LogP contribution is -2.47. The van der Waals surface area contributed by atoms with Crippen molar-refractivity contribution in [3.63, 3.8) is 0 Å². The van der Waals surface area contributed by atoms with Crippen LogP contribution in [0.25, 0.3) is 0 Å². The fourth-order valence-electron chi connectivity index (χ4n) is 3.75. The van der Waals surface area contributed by atoms with E-state index in [9.17, 15) is 5.11 Å². The molecule has 142 valence electrons. The van der Waals surface area contributed by atoms with Crippen molar-refractivity contribution in [2.75, 3.05) is 13.1 Å². The molecular formula is C22H27N3O2. The summed E-state index contributed by atoms with van der Waals surface area (Å²) in [7, 11) is 0. The highest BCUT2D eigenvalue weighted by Crippen LogP contribution is 2.33. The van der Waals surface area contributed by atoms with Crippen LogP contribution in [-0.4, -0.2) is 35.9 Å². The maximum absolute atomic E-state index is 10.7. The zero-order valence-electron chi connectivity index (χ0n) is 16.1. The Hall–Kier alpha value is -2.24. The Bertz CT molecular complexity index is 940. The molecule has 0 bridgehead atoms. The molecule has 2 aromatic carbocycles. The lowest BCUT2D eigenvalue weighted by Gasteiger charge is -2.36. The summed E-state index contributed by atoms with van der Waals surface area (Å²) in [6.45, 7) is 7.53. The Balaban J connectivity index is 1.62. The second kappa shape index (κ2) is 7.06. The van der Waals surface area contributed by atoms with Gasteiger partial charge in [-0.1, -0.05) is 30.3 Å². The smallest absolute Gasteiger partial charge is 0.127 e. The van der Waals surface area contributed by atoms with Gasteiger partial charge >= 0.3 is 0 Å². The van der Waals surface area contributed by atoms with E-state index in [4.69, 9.17) is 14.7 Å². The van der Waals surface area contributed by atoms with Gasteiger partial charge in [0.1, 0.15) is 18.0 Å². The molecule has 0 aromatic heterocycles. The summed E-state index contributed by atoms with van der Waals surface area (Å²) in [5.41, 5.74) is 2.06. The molecule has 0 saturated heterocycles. The predicted octanol–water partition coefficient (Wildman–Crippen LogP) is 1.73. The third-order valence-electron chi connectivity index (χ3n) is 5.26. The summed E-state index contributed by atoms with van der Waals surface area (Å²) < 4.78 is 5.98. The van der Waals surface area contributed by atoms with Crippen molar-refractivity contribution >= 4 is 0 Å². The fraction of sp³-hybridized carbons (Fsp3) is 0.455. The van der Waals surface area contributed by atoms with Crippen molar-refractivity contribution in [3.8, 4) is 5.75 Å². The molecule has 2 N–H and O–H groups in total. The van der Waals surface area contributed by atoms with Crippen LogP contribution in [0.15, 0.2) is 52.4 Å². The topological polar surface area (TPSA) is 66.2 Å². The quantitative estimate of drug-likeness (QED) is 0.867. The maximum atomic E-state index is 10.7. The number of nitrogens with one attached hydrogen (secondary N) is 1. The Morgan fingerprint density at radius 1 is 1.19 bits per heavy atom. The van der Waals surface area contributed by atoms with Crippen molar-refractivity contribution in [2.45, 2.75) is 51.0 Å². The second-order valence-electron chi connectivity index (χ2n) is 8.10. The molecule has 4 rings (SSSR count). The van der Waals surface area contributed by atoms with Crippen LogP contribution in [0.1, 0.15) is 37.9 Å². The summed E-state index contributed by atoms with van der Waals surface area (Å²) in [4.78, 5) is 9.50. The van der Waals surface area contributed by atoms with Gasteiger partial charge in [-0.25, -0.2) is 0 Å². The lowest BCUT2D eigenvalue weighted by atomic mass is 9.93. The number of hydrogen-bond donors (Lipinski definition) is 2. The van der Waals surface area contributed by atoms with Crippen LogP contribution in [0.4, 0.5) is 0 Å². The van der Waals surface area contributed by atoms with Gasteiger partial charge in [0.2, 0.25) is 0 Å². The molecule has 5 heteroatoms. The number of rotatable bonds is 4. The van der Waals surface area contributed by atoms with E-state index in [1.54, 1.807) is 0 Å². The molecule has 0 spiro atoms. The number of hydrogen-bond acceptors (Lipinski definition) is 5. The molecule has 3 atom stereocenters. The molecule has 2 aliphatic heterocycles. The number of aliphatic hydroxyl groups is 1. The Labute approximate surface area is 159 Å². The molecule has 0 saturated carbocycles. The molecule has 5 nitrogen and oxygen atoms in total. The van der Waals surface area contributed by atoms with Crippen molar-refractivity contribution < 1.29 is 9.84 Å². The van der Waals surface area contributed by atoms with Gasteiger partial charge in [-0.3, -0.25) is 9.98 Å². The number of aliphatic hydroxyl groups excluding tert-OH is 1. The SMILES string of the molecule is CC1Oc2cc3c(cc2C(NCCc2ccccc2)C1O)=NCC(C)(C)N=3. The predicted molar refractivity (Wildman–Crippen MR) is 105 cm³/mol. The molecule has 2 heterocycles. The second-order valence-corrected chi connectivity index (χ2v) is 8.10. The van der Waals surface area contributed by atoms with Crippen molar-refractivity contribution in [3.05, 3.63) is 64.3 Å². The van der Waals surface area contributed by atoms with Crippen molar-refractivity contribution in [1.29, 1.82) is 0 Å². The first-order chi connectivity index (χ1) is 12.9. The first-order valence-corrected chi connectivity index (χ1v) is 9.63. The highest BCUT2D eigenvalue weighted by Gasteiger charge is 2.35. The van der Waals surface area contributed by atoms with Crippen LogP contribution in [0.2, 0.25) is 0 Å². The van der Waals surface area contributed by atoms with Crippen LogP contribution in [-0.2, 0) is 6.42 Å². The number of ether oxygens (including phenoxy) is 1. The number of fused-ring (bicyclic) bond motifs is 2. The molecule has 0 radical (unpaired) electrons. The summed E-state index contributed by atoms with van der Waals surface area (Å²) >= 11 is 0. The summed E-state index contributed by atoms with van der Waals surface area (Å²) in [5.74, 6) is 0.792. The summed E-state index contributed by atoms with van der Waals surface area (Å²) in [5, 5.41) is 16.0. The average molecular weight is 365 g/mol. The number of benzene rings is 2. The first kappa shape index (κ1) is 18.1. The minimum absolute atomic E-state index is 0.178. The largest absolute Gasteiger partial charge is 0.488 e. The monoisotopic (exact) mass is 365 g/mol. The molecular weight excluding hydrogens is 338 g/mol. The van der Waals surface area contributed by atoms with E-state index in [0.717, 1.165) is 35.0 Å². The first-order valence-electron chi connectivity index (χ1n) is 9.63. The molecule has 0 aliphatic carbocycles. The standard InChI is InChI=1S/C22H27N3O2/c1-14-21(26)20(23-10-9-15-7-5-4-6-8-15)16-11-17-18(12-19(16)27-14)25-22(2,3)13-24-17/h4-8,11-12,14,20-21,23,26H,9-10,13H2,1-3H3. The molecule has 3 unspecified atom stereocenters. The molecule has 2 aromatic rings. The van der Waals surface area contributed by atoms with Gasteiger partial charge in [0.05, 0.1) is 28.8 Å². The summed E-state index contributed by atoms with van der Waals surface area (Å²) in [6.07, 6.45) is 0.0228. The molecule has 0 amide bonds. The van der Waals surface area contributed by atoms with Gasteiger partial charge in [0.15, 0.2) is 0 Å². The van der Waals surface area contributed by atoms with E-state index in [1.165, 1.54) is 5.56 Å². The van der Waals surface area contributed by atoms with Crippen LogP contribution < -0.4 is 20.8 Å². The van der Waals surface area contributed by atoms with E-state index in [2.05, 4.69) is 43.4 Å². The van der Waals surface area contributed by atoms with Gasteiger partial charge in [-0.15, -0.1) is 0 Å². The van der Waals surface area contributed by atoms with Gasteiger partial charge in [0.25, 0.3) is 0 Å². The van der Waals surface area contributed by atoms with Crippen LogP contribution in [0, 0.1) is 0 Å². The highest BCUT2D eigenvalue weighted by molar-refractivity contribution is 5.39. The minimum Gasteiger partial charge on any atom is -0.488 e. The van der Waals surface area contributed by atoms with E-state index in [1.807, 2.05) is 25.1 Å². The van der Waals surface area contributed by atoms with Gasteiger partial charge < -0.3 is 15.2 Å².